The molecule has 0 aliphatic carbocycles. The van der Waals surface area contributed by atoms with Gasteiger partial charge in [-0.15, -0.1) is 11.3 Å². The maximum atomic E-state index is 12.5. The summed E-state index contributed by atoms with van der Waals surface area (Å²) in [6, 6.07) is 0.301. The zero-order valence-electron chi connectivity index (χ0n) is 12.5. The molecule has 2 rings (SSSR count). The van der Waals surface area contributed by atoms with E-state index in [2.05, 4.69) is 18.8 Å². The second kappa shape index (κ2) is 7.18. The third-order valence-corrected chi connectivity index (χ3v) is 4.97. The lowest BCUT2D eigenvalue weighted by Gasteiger charge is -2.32. The Balaban J connectivity index is 2.02. The molecule has 0 bridgehead atoms. The Morgan fingerprint density at radius 3 is 3.10 bits per heavy atom. The number of thiazole rings is 1. The van der Waals surface area contributed by atoms with E-state index in [-0.39, 0.29) is 11.9 Å². The third-order valence-electron chi connectivity index (χ3n) is 3.99. The maximum absolute atomic E-state index is 12.5. The maximum Gasteiger partial charge on any atom is 0.273 e. The van der Waals surface area contributed by atoms with Gasteiger partial charge in [-0.2, -0.15) is 0 Å². The highest BCUT2D eigenvalue weighted by molar-refractivity contribution is 7.09. The highest BCUT2D eigenvalue weighted by Crippen LogP contribution is 2.24. The molecule has 2 unspecified atom stereocenters. The summed E-state index contributed by atoms with van der Waals surface area (Å²) in [5.74, 6) is 0.0717. The lowest BCUT2D eigenvalue weighted by molar-refractivity contribution is 0.0630. The van der Waals surface area contributed by atoms with Gasteiger partial charge < -0.3 is 10.6 Å². The fraction of sp³-hybridized carbons (Fsp3) is 0.733. The van der Waals surface area contributed by atoms with Crippen LogP contribution in [0, 0.1) is 0 Å². The van der Waals surface area contributed by atoms with E-state index in [1.54, 1.807) is 0 Å². The number of carbonyl (C=O) groups is 1. The quantitative estimate of drug-likeness (QED) is 0.906. The molecule has 0 spiro atoms. The van der Waals surface area contributed by atoms with Gasteiger partial charge in [0.1, 0.15) is 10.7 Å². The van der Waals surface area contributed by atoms with E-state index >= 15 is 0 Å². The monoisotopic (exact) mass is 295 g/mol. The first kappa shape index (κ1) is 15.4. The van der Waals surface area contributed by atoms with Gasteiger partial charge in [-0.3, -0.25) is 4.79 Å². The largest absolute Gasteiger partial charge is 0.335 e. The molecule has 1 amide bonds. The number of nitrogens with two attached hydrogens (primary N) is 1. The molecule has 0 radical (unpaired) electrons. The van der Waals surface area contributed by atoms with Crippen molar-refractivity contribution in [1.82, 2.24) is 9.88 Å². The Morgan fingerprint density at radius 1 is 1.60 bits per heavy atom. The highest BCUT2D eigenvalue weighted by Gasteiger charge is 2.26. The summed E-state index contributed by atoms with van der Waals surface area (Å²) in [5, 5.41) is 2.76. The van der Waals surface area contributed by atoms with Crippen LogP contribution in [0.25, 0.3) is 0 Å². The van der Waals surface area contributed by atoms with Crippen molar-refractivity contribution in [3.63, 3.8) is 0 Å². The van der Waals surface area contributed by atoms with Crippen molar-refractivity contribution in [3.8, 4) is 0 Å². The van der Waals surface area contributed by atoms with Gasteiger partial charge in [-0.05, 0) is 32.6 Å². The molecule has 1 aliphatic heterocycles. The van der Waals surface area contributed by atoms with Crippen LogP contribution in [0.4, 0.5) is 0 Å². The number of likely N-dealkylation sites (tertiary alicyclic amines) is 1. The van der Waals surface area contributed by atoms with Crippen molar-refractivity contribution in [1.29, 1.82) is 0 Å². The van der Waals surface area contributed by atoms with Crippen molar-refractivity contribution in [2.45, 2.75) is 64.5 Å². The topological polar surface area (TPSA) is 59.2 Å². The van der Waals surface area contributed by atoms with Crippen LogP contribution in [0.1, 0.15) is 73.9 Å². The summed E-state index contributed by atoms with van der Waals surface area (Å²) in [6.07, 6.45) is 6.60. The van der Waals surface area contributed by atoms with Crippen LogP contribution in [-0.2, 0) is 0 Å². The summed E-state index contributed by atoms with van der Waals surface area (Å²) >= 11 is 1.52. The molecule has 112 valence electrons. The molecule has 1 aliphatic rings. The van der Waals surface area contributed by atoms with Crippen molar-refractivity contribution in [2.75, 3.05) is 6.54 Å². The van der Waals surface area contributed by atoms with Crippen molar-refractivity contribution in [2.24, 2.45) is 5.73 Å². The molecule has 1 aromatic heterocycles. The SMILES string of the molecule is CCCCC(N)c1nc(C(=O)N2CCCCC2C)cs1. The number of amides is 1. The third kappa shape index (κ3) is 3.58. The van der Waals surface area contributed by atoms with E-state index in [9.17, 15) is 4.79 Å². The van der Waals surface area contributed by atoms with E-state index in [0.29, 0.717) is 11.7 Å². The molecule has 20 heavy (non-hydrogen) atoms. The first-order valence-corrected chi connectivity index (χ1v) is 8.53. The van der Waals surface area contributed by atoms with Crippen LogP contribution < -0.4 is 5.73 Å². The van der Waals surface area contributed by atoms with Crippen LogP contribution in [0.5, 0.6) is 0 Å². The summed E-state index contributed by atoms with van der Waals surface area (Å²) in [7, 11) is 0. The first-order valence-electron chi connectivity index (χ1n) is 7.65. The minimum atomic E-state index is -0.0275. The molecular weight excluding hydrogens is 270 g/mol. The number of rotatable bonds is 5. The van der Waals surface area contributed by atoms with E-state index in [0.717, 1.165) is 43.7 Å². The van der Waals surface area contributed by atoms with Crippen LogP contribution in [0.3, 0.4) is 0 Å². The van der Waals surface area contributed by atoms with Gasteiger partial charge in [-0.1, -0.05) is 19.8 Å². The predicted molar refractivity (Wildman–Crippen MR) is 82.9 cm³/mol. The first-order chi connectivity index (χ1) is 9.63. The molecule has 1 aromatic rings. The second-order valence-electron chi connectivity index (χ2n) is 5.66. The summed E-state index contributed by atoms with van der Waals surface area (Å²) in [5.41, 5.74) is 6.70. The number of carbonyl (C=O) groups excluding carboxylic acids is 1. The van der Waals surface area contributed by atoms with E-state index in [1.807, 2.05) is 10.3 Å². The molecule has 2 N–H and O–H groups in total. The minimum Gasteiger partial charge on any atom is -0.335 e. The zero-order chi connectivity index (χ0) is 14.5. The van der Waals surface area contributed by atoms with Crippen molar-refractivity contribution in [3.05, 3.63) is 16.1 Å². The van der Waals surface area contributed by atoms with Crippen LogP contribution >= 0.6 is 11.3 Å². The Hall–Kier alpha value is -0.940. The predicted octanol–water partition coefficient (Wildman–Crippen LogP) is 3.35. The average Bonchev–Trinajstić information content (AvgIpc) is 2.94. The second-order valence-corrected chi connectivity index (χ2v) is 6.55. The fourth-order valence-corrected chi connectivity index (χ4v) is 3.48. The summed E-state index contributed by atoms with van der Waals surface area (Å²) in [6.45, 7) is 5.13. The number of nitrogens with zero attached hydrogens (tertiary/aromatic N) is 2. The van der Waals surface area contributed by atoms with Crippen LogP contribution in [0.15, 0.2) is 5.38 Å². The lowest BCUT2D eigenvalue weighted by atomic mass is 10.0. The molecule has 1 fully saturated rings. The molecule has 4 nitrogen and oxygen atoms in total. The Bertz CT molecular complexity index is 446. The van der Waals surface area contributed by atoms with Crippen LogP contribution in [0.2, 0.25) is 0 Å². The summed E-state index contributed by atoms with van der Waals surface area (Å²) in [4.78, 5) is 18.9. The Labute approximate surface area is 125 Å². The standard InChI is InChI=1S/C15H25N3OS/c1-3-4-8-12(16)14-17-13(10-20-14)15(19)18-9-6-5-7-11(18)2/h10-12H,3-9,16H2,1-2H3. The highest BCUT2D eigenvalue weighted by atomic mass is 32.1. The average molecular weight is 295 g/mol. The Morgan fingerprint density at radius 2 is 2.40 bits per heavy atom. The number of aromatic nitrogens is 1. The molecule has 0 saturated carbocycles. The van der Waals surface area contributed by atoms with Gasteiger partial charge in [-0.25, -0.2) is 4.98 Å². The molecule has 2 atom stereocenters. The number of piperidine rings is 1. The molecular formula is C15H25N3OS. The lowest BCUT2D eigenvalue weighted by Crippen LogP contribution is -2.42. The number of hydrogen-bond donors (Lipinski definition) is 1. The van der Waals surface area contributed by atoms with Gasteiger partial charge in [0.05, 0.1) is 6.04 Å². The van der Waals surface area contributed by atoms with Gasteiger partial charge in [0.15, 0.2) is 0 Å². The van der Waals surface area contributed by atoms with Crippen LogP contribution in [-0.4, -0.2) is 28.4 Å². The molecule has 0 aromatic carbocycles. The van der Waals surface area contributed by atoms with E-state index in [1.165, 1.54) is 17.8 Å². The van der Waals surface area contributed by atoms with Gasteiger partial charge in [0.2, 0.25) is 0 Å². The Kier molecular flexibility index (Phi) is 5.54. The van der Waals surface area contributed by atoms with Crippen molar-refractivity contribution < 1.29 is 4.79 Å². The molecule has 2 heterocycles. The molecule has 5 heteroatoms. The smallest absolute Gasteiger partial charge is 0.273 e. The fourth-order valence-electron chi connectivity index (χ4n) is 2.65. The summed E-state index contributed by atoms with van der Waals surface area (Å²) < 4.78 is 0. The zero-order valence-corrected chi connectivity index (χ0v) is 13.3. The number of unbranched alkanes of at least 4 members (excludes halogenated alkanes) is 1. The normalized spacial score (nSPS) is 20.9. The van der Waals surface area contributed by atoms with Gasteiger partial charge >= 0.3 is 0 Å². The van der Waals surface area contributed by atoms with Crippen molar-refractivity contribution >= 4 is 17.2 Å². The van der Waals surface area contributed by atoms with E-state index < -0.39 is 0 Å². The van der Waals surface area contributed by atoms with E-state index in [4.69, 9.17) is 5.73 Å². The number of hydrogen-bond acceptors (Lipinski definition) is 4. The van der Waals surface area contributed by atoms with Gasteiger partial charge in [0.25, 0.3) is 5.91 Å². The minimum absolute atomic E-state index is 0.0275. The molecule has 1 saturated heterocycles. The van der Waals surface area contributed by atoms with Gasteiger partial charge in [0, 0.05) is 18.0 Å².